The molecule has 1 heterocycles. The van der Waals surface area contributed by atoms with Crippen molar-refractivity contribution in [2.45, 2.75) is 51.6 Å². The summed E-state index contributed by atoms with van der Waals surface area (Å²) in [4.78, 5) is 14.2. The largest absolute Gasteiger partial charge is 0.444 e. The van der Waals surface area contributed by atoms with Crippen LogP contribution in [0.15, 0.2) is 35.9 Å². The number of ether oxygens (including phenoxy) is 1. The highest BCUT2D eigenvalue weighted by Gasteiger charge is 2.33. The summed E-state index contributed by atoms with van der Waals surface area (Å²) in [5, 5.41) is 10.4. The summed E-state index contributed by atoms with van der Waals surface area (Å²) in [7, 11) is 0. The Balaban J connectivity index is 1.77. The minimum atomic E-state index is -0.475. The van der Waals surface area contributed by atoms with E-state index in [9.17, 15) is 9.90 Å². The number of benzene rings is 1. The maximum Gasteiger partial charge on any atom is 0.410 e. The lowest BCUT2D eigenvalue weighted by atomic mass is 9.76. The predicted molar refractivity (Wildman–Crippen MR) is 114 cm³/mol. The highest BCUT2D eigenvalue weighted by molar-refractivity contribution is 6.30. The van der Waals surface area contributed by atoms with E-state index in [0.29, 0.717) is 29.9 Å². The number of nitrogens with zero attached hydrogens (tertiary/aromatic N) is 1. The number of aliphatic hydroxyl groups excluding tert-OH is 1. The van der Waals surface area contributed by atoms with Gasteiger partial charge in [-0.1, -0.05) is 24.2 Å². The minimum Gasteiger partial charge on any atom is -0.444 e. The second-order valence-corrected chi connectivity index (χ2v) is 9.26. The fraction of sp³-hybridized carbons (Fsp3) is 0.522. The molecule has 1 aromatic rings. The summed E-state index contributed by atoms with van der Waals surface area (Å²) in [5.74, 6) is 0.752. The maximum atomic E-state index is 12.4. The van der Waals surface area contributed by atoms with E-state index in [1.165, 1.54) is 5.56 Å². The first-order valence-electron chi connectivity index (χ1n) is 9.95. The van der Waals surface area contributed by atoms with Crippen molar-refractivity contribution in [3.63, 3.8) is 0 Å². The Labute approximate surface area is 172 Å². The van der Waals surface area contributed by atoms with Crippen molar-refractivity contribution in [2.75, 3.05) is 19.7 Å². The highest BCUT2D eigenvalue weighted by Crippen LogP contribution is 2.43. The lowest BCUT2D eigenvalue weighted by Crippen LogP contribution is -2.42. The number of rotatable bonds is 2. The second-order valence-electron chi connectivity index (χ2n) is 8.82. The molecule has 1 aromatic carbocycles. The van der Waals surface area contributed by atoms with Gasteiger partial charge in [-0.25, -0.2) is 4.79 Å². The number of amides is 1. The molecule has 28 heavy (non-hydrogen) atoms. The summed E-state index contributed by atoms with van der Waals surface area (Å²) in [6, 6.07) is 6.00. The number of carbonyl (C=O) groups excluding carboxylic acids is 1. The molecule has 4 nitrogen and oxygen atoms in total. The van der Waals surface area contributed by atoms with Crippen LogP contribution in [0.3, 0.4) is 0 Å². The van der Waals surface area contributed by atoms with Crippen molar-refractivity contribution in [1.82, 2.24) is 4.90 Å². The summed E-state index contributed by atoms with van der Waals surface area (Å²) in [6.45, 7) is 11.3. The van der Waals surface area contributed by atoms with E-state index in [1.54, 1.807) is 0 Å². The van der Waals surface area contributed by atoms with Gasteiger partial charge in [0.1, 0.15) is 5.60 Å². The first-order valence-corrected chi connectivity index (χ1v) is 10.3. The number of piperidine rings is 1. The van der Waals surface area contributed by atoms with Crippen molar-refractivity contribution >= 4 is 23.8 Å². The molecule has 5 heteroatoms. The van der Waals surface area contributed by atoms with E-state index in [0.717, 1.165) is 36.0 Å². The first kappa shape index (κ1) is 20.9. The molecule has 0 radical (unpaired) electrons. The zero-order chi connectivity index (χ0) is 20.5. The Kier molecular flexibility index (Phi) is 6.21. The lowest BCUT2D eigenvalue weighted by Gasteiger charge is -2.37. The van der Waals surface area contributed by atoms with E-state index in [-0.39, 0.29) is 12.7 Å². The molecule has 152 valence electrons. The van der Waals surface area contributed by atoms with Gasteiger partial charge in [-0.3, -0.25) is 0 Å². The summed E-state index contributed by atoms with van der Waals surface area (Å²) in [5.41, 5.74) is 3.70. The van der Waals surface area contributed by atoms with E-state index < -0.39 is 5.60 Å². The molecule has 0 bridgehead atoms. The monoisotopic (exact) mass is 403 g/mol. The SMILES string of the molecule is C=C1CC(C2CCN(C(=O)OC(C)(C)C)CC2)c2ccc(Cl)cc2C=C1CO. The number of fused-ring (bicyclic) bond motifs is 1. The molecule has 1 atom stereocenters. The molecule has 0 aromatic heterocycles. The van der Waals surface area contributed by atoms with Gasteiger partial charge in [-0.15, -0.1) is 0 Å². The zero-order valence-electron chi connectivity index (χ0n) is 17.0. The van der Waals surface area contributed by atoms with E-state index >= 15 is 0 Å². The van der Waals surface area contributed by atoms with Gasteiger partial charge in [-0.2, -0.15) is 0 Å². The van der Waals surface area contributed by atoms with Gasteiger partial charge < -0.3 is 14.7 Å². The molecule has 1 N–H and O–H groups in total. The Hall–Kier alpha value is -1.78. The van der Waals surface area contributed by atoms with Crippen LogP contribution in [0.1, 0.15) is 57.1 Å². The van der Waals surface area contributed by atoms with Crippen molar-refractivity contribution < 1.29 is 14.6 Å². The number of carbonyl (C=O) groups is 1. The summed E-state index contributed by atoms with van der Waals surface area (Å²) < 4.78 is 5.52. The Bertz CT molecular complexity index is 786. The van der Waals surface area contributed by atoms with Gasteiger partial charge in [0.25, 0.3) is 0 Å². The van der Waals surface area contributed by atoms with Crippen LogP contribution in [-0.4, -0.2) is 41.4 Å². The van der Waals surface area contributed by atoms with Gasteiger partial charge >= 0.3 is 6.09 Å². The Morgan fingerprint density at radius 1 is 1.32 bits per heavy atom. The van der Waals surface area contributed by atoms with E-state index in [4.69, 9.17) is 16.3 Å². The van der Waals surface area contributed by atoms with Crippen LogP contribution in [0.2, 0.25) is 5.02 Å². The van der Waals surface area contributed by atoms with Crippen LogP contribution in [0, 0.1) is 5.92 Å². The average molecular weight is 404 g/mol. The molecule has 1 amide bonds. The molecule has 1 saturated heterocycles. The van der Waals surface area contributed by atoms with Crippen LogP contribution in [0.25, 0.3) is 6.08 Å². The zero-order valence-corrected chi connectivity index (χ0v) is 17.8. The van der Waals surface area contributed by atoms with Gasteiger partial charge in [0.2, 0.25) is 0 Å². The van der Waals surface area contributed by atoms with Gasteiger partial charge in [-0.05, 0) is 92.4 Å². The van der Waals surface area contributed by atoms with Crippen molar-refractivity contribution in [3.05, 3.63) is 52.1 Å². The molecule has 1 aliphatic heterocycles. The van der Waals surface area contributed by atoms with Crippen LogP contribution in [0.5, 0.6) is 0 Å². The predicted octanol–water partition coefficient (Wildman–Crippen LogP) is 5.41. The molecular formula is C23H30ClNO3. The van der Waals surface area contributed by atoms with Gasteiger partial charge in [0.15, 0.2) is 0 Å². The van der Waals surface area contributed by atoms with Crippen LogP contribution in [0.4, 0.5) is 4.79 Å². The fourth-order valence-corrected chi connectivity index (χ4v) is 4.37. The second kappa shape index (κ2) is 8.30. The molecule has 1 unspecified atom stereocenters. The number of aliphatic hydroxyl groups is 1. The number of likely N-dealkylation sites (tertiary alicyclic amines) is 1. The third kappa shape index (κ3) is 4.79. The molecule has 2 aliphatic rings. The lowest BCUT2D eigenvalue weighted by molar-refractivity contribution is 0.0173. The van der Waals surface area contributed by atoms with Crippen LogP contribution in [-0.2, 0) is 4.74 Å². The van der Waals surface area contributed by atoms with Crippen molar-refractivity contribution in [1.29, 1.82) is 0 Å². The molecule has 0 saturated carbocycles. The quantitative estimate of drug-likeness (QED) is 0.718. The normalized spacial score (nSPS) is 21.0. The standard InChI is InChI=1S/C23H30ClNO3/c1-15-11-21(20-6-5-19(24)13-17(20)12-18(15)14-26)16-7-9-25(10-8-16)22(27)28-23(2,3)4/h5-6,12-13,16,21,26H,1,7-11,14H2,2-4H3. The van der Waals surface area contributed by atoms with E-state index in [2.05, 4.69) is 12.6 Å². The fourth-order valence-electron chi connectivity index (χ4n) is 4.19. The Morgan fingerprint density at radius 3 is 2.61 bits per heavy atom. The van der Waals surface area contributed by atoms with E-state index in [1.807, 2.05) is 43.9 Å². The summed E-state index contributed by atoms with van der Waals surface area (Å²) >= 11 is 6.23. The number of halogens is 1. The molecule has 1 aliphatic carbocycles. The molecule has 1 fully saturated rings. The third-order valence-electron chi connectivity index (χ3n) is 5.63. The molecule has 0 spiro atoms. The van der Waals surface area contributed by atoms with Crippen molar-refractivity contribution in [2.24, 2.45) is 5.92 Å². The third-order valence-corrected chi connectivity index (χ3v) is 5.86. The average Bonchev–Trinajstić information content (AvgIpc) is 2.76. The number of hydrogen-bond donors (Lipinski definition) is 1. The van der Waals surface area contributed by atoms with Gasteiger partial charge in [0, 0.05) is 18.1 Å². The first-order chi connectivity index (χ1) is 13.2. The van der Waals surface area contributed by atoms with Gasteiger partial charge in [0.05, 0.1) is 6.61 Å². The smallest absolute Gasteiger partial charge is 0.410 e. The maximum absolute atomic E-state index is 12.4. The molecule has 3 rings (SSSR count). The van der Waals surface area contributed by atoms with Crippen LogP contribution >= 0.6 is 11.6 Å². The van der Waals surface area contributed by atoms with Crippen LogP contribution < -0.4 is 0 Å². The summed E-state index contributed by atoms with van der Waals surface area (Å²) in [6.07, 6.45) is 4.45. The highest BCUT2D eigenvalue weighted by atomic mass is 35.5. The molecular weight excluding hydrogens is 374 g/mol. The Morgan fingerprint density at radius 2 is 2.00 bits per heavy atom. The number of hydrogen-bond acceptors (Lipinski definition) is 3. The topological polar surface area (TPSA) is 49.8 Å². The minimum absolute atomic E-state index is 0.0193. The van der Waals surface area contributed by atoms with Crippen molar-refractivity contribution in [3.8, 4) is 0 Å².